The Kier molecular flexibility index (Phi) is 7.19. The molecule has 1 saturated heterocycles. The summed E-state index contributed by atoms with van der Waals surface area (Å²) < 4.78 is 0. The van der Waals surface area contributed by atoms with Crippen LogP contribution in [0.5, 0.6) is 0 Å². The fourth-order valence-electron chi connectivity index (χ4n) is 5.04. The Morgan fingerprint density at radius 1 is 1.19 bits per heavy atom. The van der Waals surface area contributed by atoms with E-state index in [0.717, 1.165) is 65.9 Å². The minimum atomic E-state index is -0.204. The Bertz CT molecular complexity index is 1490. The summed E-state index contributed by atoms with van der Waals surface area (Å²) >= 11 is 6.11. The van der Waals surface area contributed by atoms with Gasteiger partial charge in [-0.05, 0) is 67.6 Å². The maximum atomic E-state index is 12.9. The molecule has 0 aliphatic carbocycles. The van der Waals surface area contributed by atoms with Crippen molar-refractivity contribution in [2.45, 2.75) is 39.2 Å². The molecule has 1 fully saturated rings. The van der Waals surface area contributed by atoms with E-state index in [0.29, 0.717) is 23.0 Å². The zero-order valence-corrected chi connectivity index (χ0v) is 21.8. The number of nitrogens with zero attached hydrogens (tertiary/aromatic N) is 2. The molecule has 4 N–H and O–H groups in total. The molecule has 0 bridgehead atoms. The summed E-state index contributed by atoms with van der Waals surface area (Å²) in [7, 11) is 0. The monoisotopic (exact) mass is 518 g/mol. The van der Waals surface area contributed by atoms with E-state index in [2.05, 4.69) is 37.6 Å². The molecule has 9 heteroatoms. The highest BCUT2D eigenvalue weighted by Crippen LogP contribution is 2.30. The Balaban J connectivity index is 1.37. The van der Waals surface area contributed by atoms with E-state index in [9.17, 15) is 9.59 Å². The average molecular weight is 519 g/mol. The molecule has 1 amide bonds. The largest absolute Gasteiger partial charge is 0.384 e. The van der Waals surface area contributed by atoms with E-state index in [-0.39, 0.29) is 17.5 Å². The summed E-state index contributed by atoms with van der Waals surface area (Å²) in [5.41, 5.74) is 6.03. The second-order valence-corrected chi connectivity index (χ2v) is 10.0. The summed E-state index contributed by atoms with van der Waals surface area (Å²) in [6, 6.07) is 14.1. The maximum absolute atomic E-state index is 12.9. The molecule has 0 spiro atoms. The summed E-state index contributed by atoms with van der Waals surface area (Å²) in [5, 5.41) is 7.14. The standard InChI is InChI=1S/C28H31ClN6O2/c1-17-14-22(35-12-8-21(9-13-35)32-18(2)36)16-24-26(17)34-27(33-24)25-23(7-11-31-28(25)37)30-10-6-19-4-3-5-20(29)15-19/h3-5,7,11,14-16,21H,6,8-10,12-13H2,1-2H3,(H,32,36)(H,33,34)(H2,30,31,37). The fraction of sp³-hybridized carbons (Fsp3) is 0.321. The molecule has 0 unspecified atom stereocenters. The van der Waals surface area contributed by atoms with Crippen LogP contribution in [0.3, 0.4) is 0 Å². The number of H-pyrrole nitrogens is 2. The number of piperidine rings is 1. The number of hydrogen-bond donors (Lipinski definition) is 4. The molecular weight excluding hydrogens is 488 g/mol. The smallest absolute Gasteiger partial charge is 0.261 e. The first-order chi connectivity index (χ1) is 17.9. The van der Waals surface area contributed by atoms with Gasteiger partial charge in [-0.1, -0.05) is 23.7 Å². The molecule has 2 aromatic carbocycles. The summed E-state index contributed by atoms with van der Waals surface area (Å²) in [5.74, 6) is 0.557. The molecule has 0 atom stereocenters. The van der Waals surface area contributed by atoms with Crippen LogP contribution in [-0.4, -0.2) is 46.5 Å². The SMILES string of the molecule is CC(=O)NC1CCN(c2cc(C)c3nc(-c4c(NCCc5cccc(Cl)c5)cc[nH]c4=O)[nH]c3c2)CC1. The van der Waals surface area contributed by atoms with E-state index in [4.69, 9.17) is 16.6 Å². The summed E-state index contributed by atoms with van der Waals surface area (Å²) in [4.78, 5) is 37.6. The van der Waals surface area contributed by atoms with E-state index < -0.39 is 0 Å². The topological polar surface area (TPSA) is 106 Å². The van der Waals surface area contributed by atoms with Gasteiger partial charge in [0, 0.05) is 49.5 Å². The van der Waals surface area contributed by atoms with Crippen molar-refractivity contribution in [2.24, 2.45) is 0 Å². The third-order valence-electron chi connectivity index (χ3n) is 6.85. The van der Waals surface area contributed by atoms with Crippen molar-refractivity contribution in [1.29, 1.82) is 0 Å². The van der Waals surface area contributed by atoms with Gasteiger partial charge in [-0.3, -0.25) is 9.59 Å². The fourth-order valence-corrected chi connectivity index (χ4v) is 5.25. The number of hydrogen-bond acceptors (Lipinski definition) is 5. The van der Waals surface area contributed by atoms with Crippen molar-refractivity contribution in [3.63, 3.8) is 0 Å². The van der Waals surface area contributed by atoms with Crippen molar-refractivity contribution in [3.8, 4) is 11.4 Å². The molecular formula is C28H31ClN6O2. The lowest BCUT2D eigenvalue weighted by Gasteiger charge is -2.34. The van der Waals surface area contributed by atoms with Crippen LogP contribution in [0.15, 0.2) is 53.5 Å². The minimum Gasteiger partial charge on any atom is -0.384 e. The molecule has 3 heterocycles. The number of pyridine rings is 1. The molecule has 1 aliphatic heterocycles. The predicted octanol–water partition coefficient (Wildman–Crippen LogP) is 4.64. The molecule has 37 heavy (non-hydrogen) atoms. The molecule has 192 valence electrons. The second kappa shape index (κ2) is 10.7. The molecule has 2 aromatic heterocycles. The van der Waals surface area contributed by atoms with Crippen molar-refractivity contribution in [3.05, 3.63) is 75.2 Å². The Morgan fingerprint density at radius 2 is 2.00 bits per heavy atom. The van der Waals surface area contributed by atoms with Gasteiger partial charge >= 0.3 is 0 Å². The Hall–Kier alpha value is -3.78. The number of aromatic amines is 2. The number of carbonyl (C=O) groups is 1. The van der Waals surface area contributed by atoms with Crippen LogP contribution in [-0.2, 0) is 11.2 Å². The van der Waals surface area contributed by atoms with Crippen LogP contribution in [0.25, 0.3) is 22.4 Å². The highest BCUT2D eigenvalue weighted by atomic mass is 35.5. The Labute approximate surface area is 220 Å². The number of anilines is 2. The molecule has 8 nitrogen and oxygen atoms in total. The number of imidazole rings is 1. The van der Waals surface area contributed by atoms with Gasteiger partial charge in [0.15, 0.2) is 0 Å². The van der Waals surface area contributed by atoms with E-state index >= 15 is 0 Å². The van der Waals surface area contributed by atoms with Gasteiger partial charge in [-0.25, -0.2) is 4.98 Å². The number of carbonyl (C=O) groups excluding carboxylic acids is 1. The highest BCUT2D eigenvalue weighted by Gasteiger charge is 2.22. The first-order valence-corrected chi connectivity index (χ1v) is 13.0. The van der Waals surface area contributed by atoms with Gasteiger partial charge in [-0.15, -0.1) is 0 Å². The molecule has 0 saturated carbocycles. The number of fused-ring (bicyclic) bond motifs is 1. The second-order valence-electron chi connectivity index (χ2n) is 9.61. The van der Waals surface area contributed by atoms with Gasteiger partial charge in [-0.2, -0.15) is 0 Å². The zero-order valence-electron chi connectivity index (χ0n) is 21.0. The number of halogens is 1. The quantitative estimate of drug-likeness (QED) is 0.285. The summed E-state index contributed by atoms with van der Waals surface area (Å²) in [6.07, 6.45) is 4.24. The Morgan fingerprint density at radius 3 is 2.76 bits per heavy atom. The lowest BCUT2D eigenvalue weighted by molar-refractivity contribution is -0.119. The number of amides is 1. The van der Waals surface area contributed by atoms with E-state index in [1.54, 1.807) is 13.1 Å². The van der Waals surface area contributed by atoms with Gasteiger partial charge in [0.05, 0.1) is 16.7 Å². The minimum absolute atomic E-state index is 0.0231. The van der Waals surface area contributed by atoms with Crippen LogP contribution >= 0.6 is 11.6 Å². The normalized spacial score (nSPS) is 14.2. The first kappa shape index (κ1) is 24.9. The number of rotatable bonds is 7. The van der Waals surface area contributed by atoms with Gasteiger partial charge < -0.3 is 25.5 Å². The predicted molar refractivity (Wildman–Crippen MR) is 150 cm³/mol. The number of aromatic nitrogens is 3. The van der Waals surface area contributed by atoms with E-state index in [1.165, 1.54) is 0 Å². The molecule has 4 aromatic rings. The first-order valence-electron chi connectivity index (χ1n) is 12.6. The van der Waals surface area contributed by atoms with Crippen LogP contribution in [0.2, 0.25) is 5.02 Å². The maximum Gasteiger partial charge on any atom is 0.261 e. The van der Waals surface area contributed by atoms with Gasteiger partial charge in [0.1, 0.15) is 11.4 Å². The number of aryl methyl sites for hydroxylation is 1. The highest BCUT2D eigenvalue weighted by molar-refractivity contribution is 6.30. The van der Waals surface area contributed by atoms with Crippen molar-refractivity contribution in [2.75, 3.05) is 29.9 Å². The van der Waals surface area contributed by atoms with Crippen LogP contribution < -0.4 is 21.1 Å². The third kappa shape index (κ3) is 5.64. The molecule has 5 rings (SSSR count). The van der Waals surface area contributed by atoms with Gasteiger partial charge in [0.25, 0.3) is 5.56 Å². The number of nitrogens with one attached hydrogen (secondary N) is 4. The summed E-state index contributed by atoms with van der Waals surface area (Å²) in [6.45, 7) is 6.00. The molecule has 1 aliphatic rings. The lowest BCUT2D eigenvalue weighted by Crippen LogP contribution is -2.44. The van der Waals surface area contributed by atoms with Crippen molar-refractivity contribution >= 4 is 39.9 Å². The van der Waals surface area contributed by atoms with E-state index in [1.807, 2.05) is 37.3 Å². The average Bonchev–Trinajstić information content (AvgIpc) is 3.29. The van der Waals surface area contributed by atoms with Crippen LogP contribution in [0.1, 0.15) is 30.9 Å². The van der Waals surface area contributed by atoms with Crippen LogP contribution in [0, 0.1) is 6.92 Å². The van der Waals surface area contributed by atoms with Crippen molar-refractivity contribution < 1.29 is 4.79 Å². The van der Waals surface area contributed by atoms with Crippen LogP contribution in [0.4, 0.5) is 11.4 Å². The van der Waals surface area contributed by atoms with Gasteiger partial charge in [0.2, 0.25) is 5.91 Å². The zero-order chi connectivity index (χ0) is 25.9. The number of benzene rings is 2. The third-order valence-corrected chi connectivity index (χ3v) is 7.08. The van der Waals surface area contributed by atoms with Crippen molar-refractivity contribution in [1.82, 2.24) is 20.3 Å². The molecule has 0 radical (unpaired) electrons. The lowest BCUT2D eigenvalue weighted by atomic mass is 10.0.